The first-order valence-electron chi connectivity index (χ1n) is 6.17. The number of carboxylic acid groups (broad SMARTS) is 2. The van der Waals surface area contributed by atoms with Crippen LogP contribution < -0.4 is 10.6 Å². The monoisotopic (exact) mass is 262 g/mol. The van der Waals surface area contributed by atoms with Crippen molar-refractivity contribution in [2.45, 2.75) is 40.2 Å². The fourth-order valence-electron chi connectivity index (χ4n) is 0.874. The van der Waals surface area contributed by atoms with Gasteiger partial charge in [-0.1, -0.05) is 20.8 Å². The van der Waals surface area contributed by atoms with Gasteiger partial charge in [-0.15, -0.1) is 0 Å². The van der Waals surface area contributed by atoms with Gasteiger partial charge in [-0.3, -0.25) is 9.59 Å². The van der Waals surface area contributed by atoms with Gasteiger partial charge in [0.15, 0.2) is 0 Å². The predicted octanol–water partition coefficient (Wildman–Crippen LogP) is 0.776. The molecule has 0 radical (unpaired) electrons. The summed E-state index contributed by atoms with van der Waals surface area (Å²) in [5, 5.41) is 22.0. The van der Waals surface area contributed by atoms with Gasteiger partial charge in [0.25, 0.3) is 0 Å². The highest BCUT2D eigenvalue weighted by atomic mass is 16.4. The first kappa shape index (κ1) is 19.2. The van der Waals surface area contributed by atoms with Gasteiger partial charge in [0.1, 0.15) is 0 Å². The minimum Gasteiger partial charge on any atom is -0.480 e. The molecule has 0 aromatic rings. The number of hydrogen-bond acceptors (Lipinski definition) is 4. The second-order valence-corrected chi connectivity index (χ2v) is 4.50. The molecule has 0 aliphatic rings. The molecule has 0 aromatic carbocycles. The normalized spacial score (nSPS) is 11.6. The summed E-state index contributed by atoms with van der Waals surface area (Å²) in [6.45, 7) is 8.95. The molecule has 0 aromatic heterocycles. The van der Waals surface area contributed by atoms with Gasteiger partial charge in [0, 0.05) is 6.04 Å². The Kier molecular flexibility index (Phi) is 13.1. The van der Waals surface area contributed by atoms with Crippen LogP contribution in [0.3, 0.4) is 0 Å². The third kappa shape index (κ3) is 20.3. The van der Waals surface area contributed by atoms with Gasteiger partial charge >= 0.3 is 11.9 Å². The lowest BCUT2D eigenvalue weighted by molar-refractivity contribution is -0.137. The fraction of sp³-hybridized carbons (Fsp3) is 0.833. The first-order chi connectivity index (χ1) is 8.29. The van der Waals surface area contributed by atoms with Crippen molar-refractivity contribution in [3.05, 3.63) is 0 Å². The van der Waals surface area contributed by atoms with E-state index < -0.39 is 11.9 Å². The van der Waals surface area contributed by atoms with Crippen molar-refractivity contribution in [1.29, 1.82) is 0 Å². The van der Waals surface area contributed by atoms with E-state index in [9.17, 15) is 9.59 Å². The molecule has 0 aliphatic carbocycles. The first-order valence-corrected chi connectivity index (χ1v) is 6.17. The quantitative estimate of drug-likeness (QED) is 0.516. The lowest BCUT2D eigenvalue weighted by atomic mass is 10.2. The van der Waals surface area contributed by atoms with Crippen LogP contribution in [0.4, 0.5) is 0 Å². The van der Waals surface area contributed by atoms with Crippen molar-refractivity contribution in [1.82, 2.24) is 10.6 Å². The molecular weight excluding hydrogens is 236 g/mol. The van der Waals surface area contributed by atoms with Crippen molar-refractivity contribution in [2.75, 3.05) is 19.6 Å². The van der Waals surface area contributed by atoms with E-state index in [1.807, 2.05) is 27.7 Å². The number of carboxylic acids is 2. The van der Waals surface area contributed by atoms with Crippen LogP contribution in [0.2, 0.25) is 0 Å². The molecule has 0 spiro atoms. The van der Waals surface area contributed by atoms with E-state index in [0.29, 0.717) is 12.0 Å². The van der Waals surface area contributed by atoms with Crippen molar-refractivity contribution >= 4 is 11.9 Å². The zero-order chi connectivity index (χ0) is 14.6. The smallest absolute Gasteiger partial charge is 0.317 e. The molecule has 18 heavy (non-hydrogen) atoms. The van der Waals surface area contributed by atoms with Gasteiger partial charge in [-0.2, -0.15) is 0 Å². The summed E-state index contributed by atoms with van der Waals surface area (Å²) in [5.41, 5.74) is 0. The largest absolute Gasteiger partial charge is 0.480 e. The van der Waals surface area contributed by atoms with E-state index in [0.717, 1.165) is 13.0 Å². The van der Waals surface area contributed by atoms with Crippen molar-refractivity contribution in [3.63, 3.8) is 0 Å². The van der Waals surface area contributed by atoms with Crippen molar-refractivity contribution in [2.24, 2.45) is 5.92 Å². The molecule has 0 bridgehead atoms. The van der Waals surface area contributed by atoms with Gasteiger partial charge in [-0.25, -0.2) is 0 Å². The molecule has 0 heterocycles. The van der Waals surface area contributed by atoms with Gasteiger partial charge < -0.3 is 20.8 Å². The lowest BCUT2D eigenvalue weighted by Crippen LogP contribution is -2.30. The molecule has 6 heteroatoms. The second kappa shape index (κ2) is 12.3. The molecule has 4 N–H and O–H groups in total. The van der Waals surface area contributed by atoms with E-state index >= 15 is 0 Å². The highest BCUT2D eigenvalue weighted by Crippen LogP contribution is 1.85. The molecule has 0 fully saturated rings. The number of hydrogen-bond donors (Lipinski definition) is 4. The van der Waals surface area contributed by atoms with Crippen LogP contribution in [-0.2, 0) is 9.59 Å². The van der Waals surface area contributed by atoms with Gasteiger partial charge in [-0.05, 0) is 25.8 Å². The maximum atomic E-state index is 9.96. The Morgan fingerprint density at radius 3 is 1.89 bits per heavy atom. The topological polar surface area (TPSA) is 98.7 Å². The van der Waals surface area contributed by atoms with Crippen LogP contribution in [0.5, 0.6) is 0 Å². The molecule has 0 aliphatic heterocycles. The van der Waals surface area contributed by atoms with Crippen molar-refractivity contribution in [3.8, 4) is 0 Å². The van der Waals surface area contributed by atoms with Gasteiger partial charge in [0.05, 0.1) is 13.1 Å². The summed E-state index contributed by atoms with van der Waals surface area (Å²) in [5.74, 6) is -1.07. The Morgan fingerprint density at radius 1 is 1.06 bits per heavy atom. The fourth-order valence-corrected chi connectivity index (χ4v) is 0.874. The van der Waals surface area contributed by atoms with E-state index in [-0.39, 0.29) is 13.1 Å². The van der Waals surface area contributed by atoms with Gasteiger partial charge in [0.2, 0.25) is 0 Å². The van der Waals surface area contributed by atoms with Crippen LogP contribution in [0.25, 0.3) is 0 Å². The number of nitrogens with one attached hydrogen (secondary N) is 2. The second-order valence-electron chi connectivity index (χ2n) is 4.50. The van der Waals surface area contributed by atoms with E-state index in [4.69, 9.17) is 10.2 Å². The Hall–Kier alpha value is -1.14. The van der Waals surface area contributed by atoms with Crippen LogP contribution in [0, 0.1) is 5.92 Å². The Morgan fingerprint density at radius 2 is 1.56 bits per heavy atom. The molecule has 1 unspecified atom stereocenters. The molecule has 0 amide bonds. The third-order valence-corrected chi connectivity index (χ3v) is 2.04. The SMILES string of the molecule is CC(C)CNCC(=O)O.CCC(C)NCC(=O)O. The van der Waals surface area contributed by atoms with E-state index in [1.165, 1.54) is 0 Å². The average Bonchev–Trinajstić information content (AvgIpc) is 2.25. The maximum absolute atomic E-state index is 9.96. The Labute approximate surface area is 109 Å². The number of carbonyl (C=O) groups is 2. The Bertz CT molecular complexity index is 232. The molecule has 6 nitrogen and oxygen atoms in total. The molecule has 108 valence electrons. The zero-order valence-corrected chi connectivity index (χ0v) is 11.7. The average molecular weight is 262 g/mol. The summed E-state index contributed by atoms with van der Waals surface area (Å²) in [4.78, 5) is 19.9. The molecule has 0 saturated heterocycles. The highest BCUT2D eigenvalue weighted by molar-refractivity contribution is 5.69. The maximum Gasteiger partial charge on any atom is 0.317 e. The number of rotatable bonds is 8. The molecule has 1 atom stereocenters. The van der Waals surface area contributed by atoms with Crippen LogP contribution >= 0.6 is 0 Å². The summed E-state index contributed by atoms with van der Waals surface area (Å²) < 4.78 is 0. The summed E-state index contributed by atoms with van der Waals surface area (Å²) in [7, 11) is 0. The predicted molar refractivity (Wildman–Crippen MR) is 70.7 cm³/mol. The van der Waals surface area contributed by atoms with E-state index in [1.54, 1.807) is 0 Å². The lowest BCUT2D eigenvalue weighted by Gasteiger charge is -2.07. The van der Waals surface area contributed by atoms with Crippen LogP contribution in [-0.4, -0.2) is 47.8 Å². The molecule has 0 rings (SSSR count). The third-order valence-electron chi connectivity index (χ3n) is 2.04. The summed E-state index contributed by atoms with van der Waals surface area (Å²) >= 11 is 0. The standard InChI is InChI=1S/2C6H13NO2/c1-5(2)3-7-4-6(8)9;1-3-5(2)7-4-6(8)9/h2*5,7H,3-4H2,1-2H3,(H,8,9). The minimum atomic E-state index is -0.796. The summed E-state index contributed by atoms with van der Waals surface area (Å²) in [6.07, 6.45) is 0.966. The summed E-state index contributed by atoms with van der Waals surface area (Å²) in [6, 6.07) is 0.307. The van der Waals surface area contributed by atoms with E-state index in [2.05, 4.69) is 10.6 Å². The number of aliphatic carboxylic acids is 2. The van der Waals surface area contributed by atoms with Crippen LogP contribution in [0.1, 0.15) is 34.1 Å². The highest BCUT2D eigenvalue weighted by Gasteiger charge is 1.99. The minimum absolute atomic E-state index is 0.0645. The zero-order valence-electron chi connectivity index (χ0n) is 11.7. The molecular formula is C12H26N2O4. The van der Waals surface area contributed by atoms with Crippen molar-refractivity contribution < 1.29 is 19.8 Å². The van der Waals surface area contributed by atoms with Crippen LogP contribution in [0.15, 0.2) is 0 Å². The molecule has 0 saturated carbocycles. The Balaban J connectivity index is 0.